The lowest BCUT2D eigenvalue weighted by molar-refractivity contribution is 0.268. The second-order valence-electron chi connectivity index (χ2n) is 3.82. The maximum Gasteiger partial charge on any atom is 0.234 e. The Morgan fingerprint density at radius 2 is 0.947 bits per heavy atom. The molecule has 0 amide bonds. The molecule has 0 spiro atoms. The van der Waals surface area contributed by atoms with Crippen molar-refractivity contribution in [3.8, 4) is 0 Å². The van der Waals surface area contributed by atoms with Crippen molar-refractivity contribution in [2.75, 3.05) is 39.3 Å². The highest BCUT2D eigenvalue weighted by Crippen LogP contribution is 1.98. The largest absolute Gasteiger partial charge is 0.303 e. The van der Waals surface area contributed by atoms with Crippen LogP contribution in [0, 0.1) is 0 Å². The normalized spacial score (nSPS) is 9.32. The van der Waals surface area contributed by atoms with Gasteiger partial charge in [0.05, 0.1) is 19.6 Å². The van der Waals surface area contributed by atoms with Crippen LogP contribution in [-0.4, -0.2) is 62.4 Å². The van der Waals surface area contributed by atoms with E-state index in [0.717, 1.165) is 38.9 Å². The van der Waals surface area contributed by atoms with Gasteiger partial charge in [0.25, 0.3) is 0 Å². The van der Waals surface area contributed by atoms with Gasteiger partial charge in [0.15, 0.2) is 0 Å². The highest BCUT2D eigenvalue weighted by atomic mass is 16.1. The summed E-state index contributed by atoms with van der Waals surface area (Å²) in [7, 11) is 0. The molecule has 7 heteroatoms. The van der Waals surface area contributed by atoms with Crippen molar-refractivity contribution >= 4 is 18.2 Å². The van der Waals surface area contributed by atoms with Crippen LogP contribution in [0.25, 0.3) is 0 Å². The molecule has 0 fully saturated rings. The van der Waals surface area contributed by atoms with E-state index >= 15 is 0 Å². The molecule has 0 aromatic heterocycles. The highest BCUT2D eigenvalue weighted by molar-refractivity contribution is 5.33. The molecule has 0 aliphatic heterocycles. The summed E-state index contributed by atoms with van der Waals surface area (Å²) in [6.07, 6.45) is 6.81. The molecular formula is C12H18N4O3. The first kappa shape index (κ1) is 17.1. The van der Waals surface area contributed by atoms with Crippen molar-refractivity contribution in [2.24, 2.45) is 15.0 Å². The maximum atomic E-state index is 9.93. The van der Waals surface area contributed by atoms with E-state index in [0.29, 0.717) is 19.6 Å². The Bertz CT molecular complexity index is 310. The first-order chi connectivity index (χ1) is 9.35. The van der Waals surface area contributed by atoms with Gasteiger partial charge < -0.3 is 4.90 Å². The van der Waals surface area contributed by atoms with E-state index in [-0.39, 0.29) is 0 Å². The van der Waals surface area contributed by atoms with Crippen molar-refractivity contribution in [2.45, 2.75) is 19.3 Å². The van der Waals surface area contributed by atoms with Crippen LogP contribution in [0.2, 0.25) is 0 Å². The zero-order chi connectivity index (χ0) is 14.2. The molecule has 0 saturated carbocycles. The predicted octanol–water partition coefficient (Wildman–Crippen LogP) is 0.466. The molecule has 0 radical (unpaired) electrons. The van der Waals surface area contributed by atoms with Crippen LogP contribution in [-0.2, 0) is 14.4 Å². The Kier molecular flexibility index (Phi) is 12.7. The van der Waals surface area contributed by atoms with Gasteiger partial charge in [-0.3, -0.25) is 0 Å². The van der Waals surface area contributed by atoms with Crippen LogP contribution in [0.5, 0.6) is 0 Å². The number of hydrogen-bond acceptors (Lipinski definition) is 7. The molecule has 0 atom stereocenters. The summed E-state index contributed by atoms with van der Waals surface area (Å²) in [5, 5.41) is 0. The van der Waals surface area contributed by atoms with E-state index in [1.807, 2.05) is 0 Å². The molecular weight excluding hydrogens is 248 g/mol. The zero-order valence-electron chi connectivity index (χ0n) is 10.9. The number of isocyanates is 3. The topological polar surface area (TPSA) is 91.5 Å². The SMILES string of the molecule is O=C=NCCCN(CCCN=C=O)CCCN=C=O. The summed E-state index contributed by atoms with van der Waals surface area (Å²) in [6.45, 7) is 3.75. The fourth-order valence-electron chi connectivity index (χ4n) is 1.59. The summed E-state index contributed by atoms with van der Waals surface area (Å²) in [6, 6.07) is 0. The van der Waals surface area contributed by atoms with Crippen molar-refractivity contribution in [1.29, 1.82) is 0 Å². The lowest BCUT2D eigenvalue weighted by atomic mass is 10.3. The van der Waals surface area contributed by atoms with Gasteiger partial charge in [0.1, 0.15) is 0 Å². The van der Waals surface area contributed by atoms with Gasteiger partial charge >= 0.3 is 0 Å². The van der Waals surface area contributed by atoms with E-state index in [4.69, 9.17) is 0 Å². The molecule has 0 saturated heterocycles. The summed E-state index contributed by atoms with van der Waals surface area (Å²) in [4.78, 5) is 42.4. The Morgan fingerprint density at radius 1 is 0.632 bits per heavy atom. The molecule has 0 heterocycles. The summed E-state index contributed by atoms with van der Waals surface area (Å²) >= 11 is 0. The van der Waals surface area contributed by atoms with Crippen molar-refractivity contribution in [1.82, 2.24) is 4.90 Å². The van der Waals surface area contributed by atoms with E-state index < -0.39 is 0 Å². The minimum absolute atomic E-state index is 0.457. The first-order valence-corrected chi connectivity index (χ1v) is 6.18. The molecule has 19 heavy (non-hydrogen) atoms. The summed E-state index contributed by atoms with van der Waals surface area (Å²) in [5.41, 5.74) is 0. The molecule has 0 aromatic rings. The average molecular weight is 266 g/mol. The Morgan fingerprint density at radius 3 is 1.21 bits per heavy atom. The third-order valence-electron chi connectivity index (χ3n) is 2.43. The molecule has 0 aliphatic carbocycles. The molecule has 0 aliphatic rings. The van der Waals surface area contributed by atoms with Crippen LogP contribution in [0.3, 0.4) is 0 Å². The zero-order valence-corrected chi connectivity index (χ0v) is 10.9. The van der Waals surface area contributed by atoms with Gasteiger partial charge in [-0.15, -0.1) is 0 Å². The van der Waals surface area contributed by atoms with Crippen LogP contribution in [0.4, 0.5) is 0 Å². The van der Waals surface area contributed by atoms with Gasteiger partial charge in [0.2, 0.25) is 18.2 Å². The highest BCUT2D eigenvalue weighted by Gasteiger charge is 2.03. The maximum absolute atomic E-state index is 9.93. The van der Waals surface area contributed by atoms with Gasteiger partial charge in [-0.25, -0.2) is 29.4 Å². The second kappa shape index (κ2) is 14.2. The number of nitrogens with zero attached hydrogens (tertiary/aromatic N) is 4. The minimum atomic E-state index is 0.457. The molecule has 7 nitrogen and oxygen atoms in total. The fraction of sp³-hybridized carbons (Fsp3) is 0.750. The second-order valence-corrected chi connectivity index (χ2v) is 3.82. The third kappa shape index (κ3) is 12.3. The molecule has 0 N–H and O–H groups in total. The van der Waals surface area contributed by atoms with E-state index in [1.165, 1.54) is 18.2 Å². The smallest absolute Gasteiger partial charge is 0.234 e. The van der Waals surface area contributed by atoms with Gasteiger partial charge in [-0.05, 0) is 38.9 Å². The lowest BCUT2D eigenvalue weighted by Crippen LogP contribution is -2.28. The van der Waals surface area contributed by atoms with Crippen LogP contribution in [0.15, 0.2) is 15.0 Å². The molecule has 0 aromatic carbocycles. The molecule has 0 rings (SSSR count). The third-order valence-corrected chi connectivity index (χ3v) is 2.43. The van der Waals surface area contributed by atoms with Crippen molar-refractivity contribution in [3.63, 3.8) is 0 Å². The Labute approximate surface area is 112 Å². The van der Waals surface area contributed by atoms with Gasteiger partial charge in [-0.2, -0.15) is 0 Å². The number of hydrogen-bond donors (Lipinski definition) is 0. The average Bonchev–Trinajstić information content (AvgIpc) is 2.43. The number of rotatable bonds is 12. The molecule has 0 bridgehead atoms. The number of carbonyl (C=O) groups excluding carboxylic acids is 3. The Hall–Kier alpha value is -1.90. The minimum Gasteiger partial charge on any atom is -0.303 e. The van der Waals surface area contributed by atoms with Gasteiger partial charge in [-0.1, -0.05) is 0 Å². The Balaban J connectivity index is 3.93. The quantitative estimate of drug-likeness (QED) is 0.291. The van der Waals surface area contributed by atoms with Crippen LogP contribution >= 0.6 is 0 Å². The molecule has 104 valence electrons. The summed E-state index contributed by atoms with van der Waals surface area (Å²) in [5.74, 6) is 0. The van der Waals surface area contributed by atoms with E-state index in [2.05, 4.69) is 19.9 Å². The fourth-order valence-corrected chi connectivity index (χ4v) is 1.59. The van der Waals surface area contributed by atoms with Crippen LogP contribution in [0.1, 0.15) is 19.3 Å². The molecule has 0 unspecified atom stereocenters. The predicted molar refractivity (Wildman–Crippen MR) is 69.3 cm³/mol. The lowest BCUT2D eigenvalue weighted by Gasteiger charge is -2.20. The van der Waals surface area contributed by atoms with Crippen LogP contribution < -0.4 is 0 Å². The monoisotopic (exact) mass is 266 g/mol. The summed E-state index contributed by atoms with van der Waals surface area (Å²) < 4.78 is 0. The van der Waals surface area contributed by atoms with Gasteiger partial charge in [0, 0.05) is 0 Å². The van der Waals surface area contributed by atoms with Crippen molar-refractivity contribution in [3.05, 3.63) is 0 Å². The standard InChI is InChI=1S/C12H18N4O3/c17-10-13-4-1-7-16(8-2-5-14-11-18)9-3-6-15-12-19/h1-9H2. The van der Waals surface area contributed by atoms with E-state index in [1.54, 1.807) is 0 Å². The number of aliphatic imine (C=N–C) groups is 3. The van der Waals surface area contributed by atoms with E-state index in [9.17, 15) is 14.4 Å². The van der Waals surface area contributed by atoms with Crippen molar-refractivity contribution < 1.29 is 14.4 Å². The first-order valence-electron chi connectivity index (χ1n) is 6.18.